The Morgan fingerprint density at radius 3 is 2.74 bits per heavy atom. The number of piperazine rings is 1. The average molecular weight is 261 g/mol. The first-order chi connectivity index (χ1) is 9.31. The highest BCUT2D eigenvalue weighted by Gasteiger charge is 2.20. The van der Waals surface area contributed by atoms with Crippen molar-refractivity contribution in [3.8, 4) is 0 Å². The molecule has 1 saturated carbocycles. The smallest absolute Gasteiger partial charge is 0.134 e. The minimum Gasteiger partial charge on any atom is -0.370 e. The molecule has 1 aromatic rings. The van der Waals surface area contributed by atoms with Crippen molar-refractivity contribution in [3.05, 3.63) is 12.4 Å². The summed E-state index contributed by atoms with van der Waals surface area (Å²) < 4.78 is 0. The first-order valence-electron chi connectivity index (χ1n) is 7.30. The lowest BCUT2D eigenvalue weighted by atomic mass is 10.3. The molecular weight excluding hydrogens is 238 g/mol. The maximum Gasteiger partial charge on any atom is 0.134 e. The second-order valence-corrected chi connectivity index (χ2v) is 5.71. The van der Waals surface area contributed by atoms with Gasteiger partial charge in [-0.05, 0) is 19.4 Å². The molecule has 0 unspecified atom stereocenters. The van der Waals surface area contributed by atoms with E-state index in [1.54, 1.807) is 6.33 Å². The molecular formula is C14H23N5. The standard InChI is InChI=1S/C14H23N5/c1-18-6-8-19(9-7-18)14-10-13(16-11-17-14)15-5-4-12-2-3-12/h10-12H,2-9H2,1H3,(H,15,16,17). The summed E-state index contributed by atoms with van der Waals surface area (Å²) in [5.41, 5.74) is 0. The molecule has 0 spiro atoms. The third kappa shape index (κ3) is 3.56. The lowest BCUT2D eigenvalue weighted by Crippen LogP contribution is -2.44. The van der Waals surface area contributed by atoms with Crippen LogP contribution >= 0.6 is 0 Å². The molecule has 19 heavy (non-hydrogen) atoms. The molecule has 3 rings (SSSR count). The van der Waals surface area contributed by atoms with Gasteiger partial charge < -0.3 is 15.1 Å². The molecule has 1 aromatic heterocycles. The zero-order chi connectivity index (χ0) is 13.1. The highest BCUT2D eigenvalue weighted by Crippen LogP contribution is 2.32. The summed E-state index contributed by atoms with van der Waals surface area (Å²) >= 11 is 0. The van der Waals surface area contributed by atoms with E-state index in [1.807, 2.05) is 0 Å². The molecule has 0 amide bonds. The van der Waals surface area contributed by atoms with E-state index in [-0.39, 0.29) is 0 Å². The van der Waals surface area contributed by atoms with E-state index in [0.717, 1.165) is 50.3 Å². The number of hydrogen-bond donors (Lipinski definition) is 1. The Morgan fingerprint density at radius 1 is 1.21 bits per heavy atom. The molecule has 5 nitrogen and oxygen atoms in total. The second kappa shape index (κ2) is 5.74. The number of anilines is 2. The fourth-order valence-corrected chi connectivity index (χ4v) is 2.46. The molecule has 0 atom stereocenters. The van der Waals surface area contributed by atoms with Gasteiger partial charge in [0.1, 0.15) is 18.0 Å². The first-order valence-corrected chi connectivity index (χ1v) is 7.30. The Hall–Kier alpha value is -1.36. The number of hydrogen-bond acceptors (Lipinski definition) is 5. The summed E-state index contributed by atoms with van der Waals surface area (Å²) in [6.07, 6.45) is 5.77. The van der Waals surface area contributed by atoms with Gasteiger partial charge in [0, 0.05) is 38.8 Å². The molecule has 104 valence electrons. The van der Waals surface area contributed by atoms with Gasteiger partial charge in [0.05, 0.1) is 0 Å². The Labute approximate surface area is 115 Å². The number of nitrogens with zero attached hydrogens (tertiary/aromatic N) is 4. The third-order valence-electron chi connectivity index (χ3n) is 4.04. The molecule has 0 aromatic carbocycles. The van der Waals surface area contributed by atoms with Crippen LogP contribution in [0.2, 0.25) is 0 Å². The van der Waals surface area contributed by atoms with Crippen molar-refractivity contribution in [1.29, 1.82) is 0 Å². The molecule has 0 bridgehead atoms. The minimum absolute atomic E-state index is 0.963. The van der Waals surface area contributed by atoms with Gasteiger partial charge in [0.15, 0.2) is 0 Å². The van der Waals surface area contributed by atoms with E-state index >= 15 is 0 Å². The van der Waals surface area contributed by atoms with Crippen LogP contribution in [-0.4, -0.2) is 54.6 Å². The van der Waals surface area contributed by atoms with E-state index in [4.69, 9.17) is 0 Å². The first kappa shape index (κ1) is 12.7. The van der Waals surface area contributed by atoms with Crippen LogP contribution in [0.1, 0.15) is 19.3 Å². The Kier molecular flexibility index (Phi) is 3.82. The van der Waals surface area contributed by atoms with E-state index in [2.05, 4.69) is 38.2 Å². The molecule has 1 N–H and O–H groups in total. The third-order valence-corrected chi connectivity index (χ3v) is 4.04. The van der Waals surface area contributed by atoms with Crippen molar-refractivity contribution < 1.29 is 0 Å². The summed E-state index contributed by atoms with van der Waals surface area (Å²) in [4.78, 5) is 13.4. The van der Waals surface area contributed by atoms with Crippen molar-refractivity contribution in [2.75, 3.05) is 50.0 Å². The molecule has 1 aliphatic heterocycles. The predicted molar refractivity (Wildman–Crippen MR) is 77.6 cm³/mol. The lowest BCUT2D eigenvalue weighted by Gasteiger charge is -2.33. The summed E-state index contributed by atoms with van der Waals surface area (Å²) in [6.45, 7) is 5.34. The van der Waals surface area contributed by atoms with Crippen molar-refractivity contribution in [2.24, 2.45) is 5.92 Å². The molecule has 1 saturated heterocycles. The van der Waals surface area contributed by atoms with Gasteiger partial charge in [0.25, 0.3) is 0 Å². The molecule has 2 heterocycles. The zero-order valence-electron chi connectivity index (χ0n) is 11.7. The van der Waals surface area contributed by atoms with E-state index < -0.39 is 0 Å². The van der Waals surface area contributed by atoms with Crippen molar-refractivity contribution in [1.82, 2.24) is 14.9 Å². The maximum atomic E-state index is 4.40. The lowest BCUT2D eigenvalue weighted by molar-refractivity contribution is 0.312. The number of likely N-dealkylation sites (N-methyl/N-ethyl adjacent to an activating group) is 1. The van der Waals surface area contributed by atoms with Gasteiger partial charge in [-0.3, -0.25) is 0 Å². The zero-order valence-corrected chi connectivity index (χ0v) is 11.7. The maximum absolute atomic E-state index is 4.40. The average Bonchev–Trinajstić information content (AvgIpc) is 3.24. The molecule has 5 heteroatoms. The second-order valence-electron chi connectivity index (χ2n) is 5.71. The normalized spacial score (nSPS) is 20.6. The van der Waals surface area contributed by atoms with Crippen LogP contribution in [0.5, 0.6) is 0 Å². The van der Waals surface area contributed by atoms with Crippen LogP contribution < -0.4 is 10.2 Å². The molecule has 1 aliphatic carbocycles. The van der Waals surface area contributed by atoms with Crippen molar-refractivity contribution >= 4 is 11.6 Å². The van der Waals surface area contributed by atoms with Gasteiger partial charge in [0.2, 0.25) is 0 Å². The predicted octanol–water partition coefficient (Wildman–Crippen LogP) is 1.44. The summed E-state index contributed by atoms with van der Waals surface area (Å²) in [5, 5.41) is 3.42. The van der Waals surface area contributed by atoms with E-state index in [9.17, 15) is 0 Å². The monoisotopic (exact) mass is 261 g/mol. The highest BCUT2D eigenvalue weighted by atomic mass is 15.3. The van der Waals surface area contributed by atoms with Crippen molar-refractivity contribution in [3.63, 3.8) is 0 Å². The van der Waals surface area contributed by atoms with Crippen LogP contribution in [0.4, 0.5) is 11.6 Å². The SMILES string of the molecule is CN1CCN(c2cc(NCCC3CC3)ncn2)CC1. The van der Waals surface area contributed by atoms with Gasteiger partial charge in [-0.15, -0.1) is 0 Å². The van der Waals surface area contributed by atoms with Gasteiger partial charge in [-0.1, -0.05) is 12.8 Å². The number of nitrogens with one attached hydrogen (secondary N) is 1. The van der Waals surface area contributed by atoms with Gasteiger partial charge >= 0.3 is 0 Å². The van der Waals surface area contributed by atoms with Crippen LogP contribution in [0.15, 0.2) is 12.4 Å². The number of aromatic nitrogens is 2. The fourth-order valence-electron chi connectivity index (χ4n) is 2.46. The van der Waals surface area contributed by atoms with E-state index in [0.29, 0.717) is 0 Å². The number of rotatable bonds is 5. The minimum atomic E-state index is 0.963. The largest absolute Gasteiger partial charge is 0.370 e. The van der Waals surface area contributed by atoms with Crippen LogP contribution in [-0.2, 0) is 0 Å². The topological polar surface area (TPSA) is 44.3 Å². The molecule has 2 aliphatic rings. The van der Waals surface area contributed by atoms with E-state index in [1.165, 1.54) is 19.3 Å². The quantitative estimate of drug-likeness (QED) is 0.869. The molecule has 2 fully saturated rings. The Balaban J connectivity index is 1.55. The Morgan fingerprint density at radius 2 is 2.00 bits per heavy atom. The Bertz CT molecular complexity index is 410. The summed E-state index contributed by atoms with van der Waals surface area (Å²) in [7, 11) is 2.17. The van der Waals surface area contributed by atoms with Crippen LogP contribution in [0, 0.1) is 5.92 Å². The van der Waals surface area contributed by atoms with Crippen LogP contribution in [0.3, 0.4) is 0 Å². The van der Waals surface area contributed by atoms with Gasteiger partial charge in [-0.25, -0.2) is 9.97 Å². The van der Waals surface area contributed by atoms with Crippen LogP contribution in [0.25, 0.3) is 0 Å². The summed E-state index contributed by atoms with van der Waals surface area (Å²) in [5.74, 6) is 2.98. The van der Waals surface area contributed by atoms with Gasteiger partial charge in [-0.2, -0.15) is 0 Å². The fraction of sp³-hybridized carbons (Fsp3) is 0.714. The highest BCUT2D eigenvalue weighted by molar-refractivity contribution is 5.48. The van der Waals surface area contributed by atoms with Crippen molar-refractivity contribution in [2.45, 2.75) is 19.3 Å². The summed E-state index contributed by atoms with van der Waals surface area (Å²) in [6, 6.07) is 2.08. The molecule has 0 radical (unpaired) electrons.